The Bertz CT molecular complexity index is 739. The summed E-state index contributed by atoms with van der Waals surface area (Å²) in [4.78, 5) is 16.2. The molecule has 1 fully saturated rings. The van der Waals surface area contributed by atoms with Crippen molar-refractivity contribution in [2.24, 2.45) is 0 Å². The maximum atomic E-state index is 13.9. The van der Waals surface area contributed by atoms with Crippen LogP contribution in [0.1, 0.15) is 11.1 Å². The molecule has 4 nitrogen and oxygen atoms in total. The minimum atomic E-state index is -0.217. The fourth-order valence-electron chi connectivity index (χ4n) is 2.94. The third-order valence-corrected chi connectivity index (χ3v) is 4.61. The van der Waals surface area contributed by atoms with Crippen LogP contribution in [0.25, 0.3) is 0 Å². The number of anilines is 2. The number of hydrogen-bond donors (Lipinski definition) is 1. The van der Waals surface area contributed by atoms with E-state index in [0.29, 0.717) is 31.9 Å². The van der Waals surface area contributed by atoms with Crippen LogP contribution in [-0.4, -0.2) is 37.1 Å². The summed E-state index contributed by atoms with van der Waals surface area (Å²) >= 11 is 0. The van der Waals surface area contributed by atoms with Gasteiger partial charge in [-0.15, -0.1) is 0 Å². The molecular weight excluding hydrogens is 305 g/mol. The molecule has 0 unspecified atom stereocenters. The van der Waals surface area contributed by atoms with Crippen LogP contribution >= 0.6 is 0 Å². The van der Waals surface area contributed by atoms with Gasteiger partial charge in [-0.2, -0.15) is 0 Å². The number of para-hydroxylation sites is 1. The number of amides is 2. The summed E-state index contributed by atoms with van der Waals surface area (Å²) < 4.78 is 13.9. The van der Waals surface area contributed by atoms with Crippen LogP contribution in [0.2, 0.25) is 0 Å². The fourth-order valence-corrected chi connectivity index (χ4v) is 2.94. The SMILES string of the molecule is Cc1cccc(NC(=O)N2CCN(c3ccccc3F)CC2)c1C. The predicted octanol–water partition coefficient (Wildman–Crippen LogP) is 3.80. The van der Waals surface area contributed by atoms with Gasteiger partial charge in [-0.05, 0) is 43.2 Å². The number of carbonyl (C=O) groups is 1. The number of urea groups is 1. The molecule has 0 bridgehead atoms. The van der Waals surface area contributed by atoms with E-state index in [2.05, 4.69) is 5.32 Å². The molecule has 1 aliphatic heterocycles. The molecule has 1 N–H and O–H groups in total. The second-order valence-corrected chi connectivity index (χ2v) is 6.10. The van der Waals surface area contributed by atoms with E-state index < -0.39 is 0 Å². The van der Waals surface area contributed by atoms with E-state index in [1.807, 2.05) is 43.0 Å². The number of aryl methyl sites for hydroxylation is 1. The summed E-state index contributed by atoms with van der Waals surface area (Å²) in [6.45, 7) is 6.43. The molecule has 24 heavy (non-hydrogen) atoms. The zero-order chi connectivity index (χ0) is 17.1. The van der Waals surface area contributed by atoms with Gasteiger partial charge in [0.15, 0.2) is 0 Å². The van der Waals surface area contributed by atoms with Crippen LogP contribution in [-0.2, 0) is 0 Å². The lowest BCUT2D eigenvalue weighted by atomic mass is 10.1. The number of carbonyl (C=O) groups excluding carboxylic acids is 1. The molecular formula is C19H22FN3O. The van der Waals surface area contributed by atoms with Gasteiger partial charge in [-0.25, -0.2) is 9.18 Å². The molecule has 2 aromatic rings. The van der Waals surface area contributed by atoms with Crippen molar-refractivity contribution in [2.75, 3.05) is 36.4 Å². The molecule has 2 aromatic carbocycles. The van der Waals surface area contributed by atoms with Crippen molar-refractivity contribution < 1.29 is 9.18 Å². The zero-order valence-electron chi connectivity index (χ0n) is 14.1. The van der Waals surface area contributed by atoms with Gasteiger partial charge >= 0.3 is 6.03 Å². The molecule has 2 amide bonds. The number of nitrogens with zero attached hydrogens (tertiary/aromatic N) is 2. The second-order valence-electron chi connectivity index (χ2n) is 6.10. The van der Waals surface area contributed by atoms with Crippen LogP contribution in [0.5, 0.6) is 0 Å². The maximum absolute atomic E-state index is 13.9. The summed E-state index contributed by atoms with van der Waals surface area (Å²) in [6, 6.07) is 12.5. The standard InChI is InChI=1S/C19H22FN3O/c1-14-6-5-8-17(15(14)2)21-19(24)23-12-10-22(11-13-23)18-9-4-3-7-16(18)20/h3-9H,10-13H2,1-2H3,(H,21,24). The molecule has 0 aromatic heterocycles. The zero-order valence-corrected chi connectivity index (χ0v) is 14.1. The van der Waals surface area contributed by atoms with Crippen LogP contribution < -0.4 is 10.2 Å². The molecule has 3 rings (SSSR count). The molecule has 1 saturated heterocycles. The van der Waals surface area contributed by atoms with E-state index in [1.54, 1.807) is 17.0 Å². The first-order chi connectivity index (χ1) is 11.6. The number of benzene rings is 2. The number of piperazine rings is 1. The van der Waals surface area contributed by atoms with Gasteiger partial charge in [0, 0.05) is 31.9 Å². The van der Waals surface area contributed by atoms with Crippen LogP contribution in [0.15, 0.2) is 42.5 Å². The third-order valence-electron chi connectivity index (χ3n) is 4.61. The number of hydrogen-bond acceptors (Lipinski definition) is 2. The molecule has 1 aliphatic rings. The van der Waals surface area contributed by atoms with E-state index in [4.69, 9.17) is 0 Å². The van der Waals surface area contributed by atoms with Crippen molar-refractivity contribution >= 4 is 17.4 Å². The fraction of sp³-hybridized carbons (Fsp3) is 0.316. The monoisotopic (exact) mass is 327 g/mol. The van der Waals surface area contributed by atoms with E-state index in [9.17, 15) is 9.18 Å². The Balaban J connectivity index is 1.61. The first-order valence-electron chi connectivity index (χ1n) is 8.18. The minimum Gasteiger partial charge on any atom is -0.366 e. The predicted molar refractivity (Wildman–Crippen MR) is 95.1 cm³/mol. The highest BCUT2D eigenvalue weighted by Gasteiger charge is 2.23. The molecule has 5 heteroatoms. The lowest BCUT2D eigenvalue weighted by Gasteiger charge is -2.36. The quantitative estimate of drug-likeness (QED) is 0.911. The highest BCUT2D eigenvalue weighted by Crippen LogP contribution is 2.21. The molecule has 1 heterocycles. The van der Waals surface area contributed by atoms with Crippen LogP contribution in [0.3, 0.4) is 0 Å². The summed E-state index contributed by atoms with van der Waals surface area (Å²) in [7, 11) is 0. The van der Waals surface area contributed by atoms with Gasteiger partial charge in [0.25, 0.3) is 0 Å². The normalized spacial score (nSPS) is 14.6. The van der Waals surface area contributed by atoms with Crippen molar-refractivity contribution in [3.8, 4) is 0 Å². The highest BCUT2D eigenvalue weighted by atomic mass is 19.1. The first kappa shape index (κ1) is 16.3. The number of rotatable bonds is 2. The third kappa shape index (κ3) is 3.35. The lowest BCUT2D eigenvalue weighted by molar-refractivity contribution is 0.208. The van der Waals surface area contributed by atoms with Crippen molar-refractivity contribution in [2.45, 2.75) is 13.8 Å². The van der Waals surface area contributed by atoms with Gasteiger partial charge in [-0.1, -0.05) is 24.3 Å². The lowest BCUT2D eigenvalue weighted by Crippen LogP contribution is -2.50. The molecule has 0 radical (unpaired) electrons. The summed E-state index contributed by atoms with van der Waals surface area (Å²) in [5.41, 5.74) is 3.68. The maximum Gasteiger partial charge on any atom is 0.321 e. The van der Waals surface area contributed by atoms with Crippen molar-refractivity contribution in [3.05, 3.63) is 59.4 Å². The van der Waals surface area contributed by atoms with Gasteiger partial charge in [0.05, 0.1) is 5.69 Å². The van der Waals surface area contributed by atoms with Gasteiger partial charge in [0.2, 0.25) is 0 Å². The Kier molecular flexibility index (Phi) is 4.69. The van der Waals surface area contributed by atoms with Crippen LogP contribution in [0.4, 0.5) is 20.6 Å². The Morgan fingerprint density at radius 3 is 2.42 bits per heavy atom. The Morgan fingerprint density at radius 2 is 1.71 bits per heavy atom. The Morgan fingerprint density at radius 1 is 1.00 bits per heavy atom. The van der Waals surface area contributed by atoms with Crippen LogP contribution in [0, 0.1) is 19.7 Å². The van der Waals surface area contributed by atoms with E-state index in [1.165, 1.54) is 6.07 Å². The summed E-state index contributed by atoms with van der Waals surface area (Å²) in [6.07, 6.45) is 0. The Labute approximate surface area is 141 Å². The van der Waals surface area contributed by atoms with Crippen molar-refractivity contribution in [1.29, 1.82) is 0 Å². The molecule has 0 spiro atoms. The van der Waals surface area contributed by atoms with E-state index >= 15 is 0 Å². The smallest absolute Gasteiger partial charge is 0.321 e. The van der Waals surface area contributed by atoms with E-state index in [-0.39, 0.29) is 11.8 Å². The van der Waals surface area contributed by atoms with Gasteiger partial charge in [-0.3, -0.25) is 0 Å². The molecule has 0 aliphatic carbocycles. The second kappa shape index (κ2) is 6.91. The summed E-state index contributed by atoms with van der Waals surface area (Å²) in [5, 5.41) is 2.98. The molecule has 0 saturated carbocycles. The van der Waals surface area contributed by atoms with E-state index in [0.717, 1.165) is 16.8 Å². The largest absolute Gasteiger partial charge is 0.366 e. The average Bonchev–Trinajstić information content (AvgIpc) is 2.59. The van der Waals surface area contributed by atoms with Gasteiger partial charge in [0.1, 0.15) is 5.82 Å². The van der Waals surface area contributed by atoms with Gasteiger partial charge < -0.3 is 15.1 Å². The first-order valence-corrected chi connectivity index (χ1v) is 8.18. The molecule has 126 valence electrons. The highest BCUT2D eigenvalue weighted by molar-refractivity contribution is 5.90. The number of halogens is 1. The van der Waals surface area contributed by atoms with Crippen molar-refractivity contribution in [3.63, 3.8) is 0 Å². The average molecular weight is 327 g/mol. The summed E-state index contributed by atoms with van der Waals surface area (Å²) in [5.74, 6) is -0.217. The van der Waals surface area contributed by atoms with Crippen molar-refractivity contribution in [1.82, 2.24) is 4.90 Å². The topological polar surface area (TPSA) is 35.6 Å². The Hall–Kier alpha value is -2.56. The minimum absolute atomic E-state index is 0.100. The molecule has 0 atom stereocenters. The number of nitrogens with one attached hydrogen (secondary N) is 1.